The van der Waals surface area contributed by atoms with Crippen molar-refractivity contribution in [3.05, 3.63) is 132 Å². The number of allylic oxidation sites excluding steroid dienone is 1. The second-order valence-electron chi connectivity index (χ2n) is 9.96. The maximum atomic E-state index is 14.1. The normalized spacial score (nSPS) is 14.6. The highest BCUT2D eigenvalue weighted by Gasteiger charge is 2.33. The molecule has 0 saturated heterocycles. The van der Waals surface area contributed by atoms with Crippen molar-refractivity contribution in [1.82, 2.24) is 14.3 Å². The Hall–Kier alpha value is -5.06. The SMILES string of the molecule is COC(=O)C1=C(C)N=c2sc(=Cc3cn(-c4ccccc4)nc3-c3ccc(Cl)cc3)c(=O)n2C1c1ccc(OC(C)=O)cc1. The van der Waals surface area contributed by atoms with Crippen LogP contribution in [-0.2, 0) is 14.3 Å². The van der Waals surface area contributed by atoms with E-state index in [-0.39, 0.29) is 11.1 Å². The summed E-state index contributed by atoms with van der Waals surface area (Å²) in [6.45, 7) is 3.03. The molecule has 0 radical (unpaired) electrons. The van der Waals surface area contributed by atoms with Crippen LogP contribution < -0.4 is 19.6 Å². The Balaban J connectivity index is 1.53. The van der Waals surface area contributed by atoms with Gasteiger partial charge in [-0.15, -0.1) is 0 Å². The molecule has 0 saturated carbocycles. The molecule has 6 rings (SSSR count). The van der Waals surface area contributed by atoms with Gasteiger partial charge in [-0.1, -0.05) is 65.4 Å². The van der Waals surface area contributed by atoms with E-state index in [4.69, 9.17) is 26.2 Å². The van der Waals surface area contributed by atoms with Crippen LogP contribution in [0.3, 0.4) is 0 Å². The van der Waals surface area contributed by atoms with Crippen molar-refractivity contribution >= 4 is 41.0 Å². The van der Waals surface area contributed by atoms with Gasteiger partial charge in [-0.25, -0.2) is 14.5 Å². The van der Waals surface area contributed by atoms with Crippen molar-refractivity contribution in [3.63, 3.8) is 0 Å². The average Bonchev–Trinajstić information content (AvgIpc) is 3.57. The summed E-state index contributed by atoms with van der Waals surface area (Å²) in [5.41, 5.74) is 4.06. The number of ether oxygens (including phenoxy) is 2. The zero-order valence-electron chi connectivity index (χ0n) is 23.9. The summed E-state index contributed by atoms with van der Waals surface area (Å²) in [4.78, 5) is 43.6. The highest BCUT2D eigenvalue weighted by atomic mass is 35.5. The molecule has 3 heterocycles. The number of carbonyl (C=O) groups excluding carboxylic acids is 2. The van der Waals surface area contributed by atoms with E-state index in [1.165, 1.54) is 29.9 Å². The molecule has 3 aromatic carbocycles. The first kappa shape index (κ1) is 29.0. The largest absolute Gasteiger partial charge is 0.466 e. The summed E-state index contributed by atoms with van der Waals surface area (Å²) in [5.74, 6) is -0.701. The lowest BCUT2D eigenvalue weighted by Gasteiger charge is -2.24. The molecule has 0 bridgehead atoms. The van der Waals surface area contributed by atoms with E-state index >= 15 is 0 Å². The molecular formula is C33H25ClN4O5S. The number of hydrogen-bond acceptors (Lipinski definition) is 8. The molecule has 1 aliphatic heterocycles. The van der Waals surface area contributed by atoms with E-state index in [0.29, 0.717) is 42.6 Å². The molecule has 0 spiro atoms. The number of fused-ring (bicyclic) bond motifs is 1. The summed E-state index contributed by atoms with van der Waals surface area (Å²) in [5, 5.41) is 5.45. The smallest absolute Gasteiger partial charge is 0.338 e. The molecule has 9 nitrogen and oxygen atoms in total. The Bertz CT molecular complexity index is 2110. The summed E-state index contributed by atoms with van der Waals surface area (Å²) >= 11 is 7.37. The second-order valence-corrected chi connectivity index (χ2v) is 11.4. The minimum Gasteiger partial charge on any atom is -0.466 e. The van der Waals surface area contributed by atoms with Crippen LogP contribution in [-0.4, -0.2) is 33.4 Å². The van der Waals surface area contributed by atoms with Crippen LogP contribution in [0.15, 0.2) is 106 Å². The number of esters is 2. The standard InChI is InChI=1S/C33H25ClN4O5S/c1-19-28(32(41)42-3)30(22-11-15-26(16-12-22)43-20(2)39)38-31(40)27(44-33(38)35-19)17-23-18-37(25-7-5-4-6-8-25)36-29(23)21-9-13-24(34)14-10-21/h4-18,30H,1-3H3. The zero-order valence-corrected chi connectivity index (χ0v) is 25.4. The first-order valence-electron chi connectivity index (χ1n) is 13.5. The fourth-order valence-corrected chi connectivity index (χ4v) is 6.23. The molecule has 220 valence electrons. The van der Waals surface area contributed by atoms with Crippen molar-refractivity contribution in [2.75, 3.05) is 7.11 Å². The summed E-state index contributed by atoms with van der Waals surface area (Å²) in [7, 11) is 1.29. The number of methoxy groups -OCH3 is 1. The summed E-state index contributed by atoms with van der Waals surface area (Å²) in [6.07, 6.45) is 3.66. The molecule has 0 fully saturated rings. The van der Waals surface area contributed by atoms with Crippen molar-refractivity contribution in [3.8, 4) is 22.7 Å². The Morgan fingerprint density at radius 2 is 1.70 bits per heavy atom. The number of aromatic nitrogens is 3. The quantitative estimate of drug-likeness (QED) is 0.198. The van der Waals surface area contributed by atoms with Crippen molar-refractivity contribution < 1.29 is 19.1 Å². The van der Waals surface area contributed by atoms with E-state index < -0.39 is 18.0 Å². The molecule has 0 aliphatic carbocycles. The van der Waals surface area contributed by atoms with Crippen molar-refractivity contribution in [2.24, 2.45) is 4.99 Å². The molecule has 0 amide bonds. The lowest BCUT2D eigenvalue weighted by atomic mass is 9.96. The van der Waals surface area contributed by atoms with Crippen molar-refractivity contribution in [1.29, 1.82) is 0 Å². The number of halogens is 1. The van der Waals surface area contributed by atoms with Gasteiger partial charge in [0.25, 0.3) is 5.56 Å². The van der Waals surface area contributed by atoms with Crippen LogP contribution >= 0.6 is 22.9 Å². The maximum absolute atomic E-state index is 14.1. The molecule has 1 unspecified atom stereocenters. The highest BCUT2D eigenvalue weighted by molar-refractivity contribution is 7.07. The van der Waals surface area contributed by atoms with Gasteiger partial charge in [-0.05, 0) is 55.0 Å². The number of benzene rings is 3. The van der Waals surface area contributed by atoms with Crippen molar-refractivity contribution in [2.45, 2.75) is 19.9 Å². The van der Waals surface area contributed by atoms with Gasteiger partial charge < -0.3 is 9.47 Å². The Labute approximate surface area is 260 Å². The number of carbonyl (C=O) groups is 2. The molecule has 0 N–H and O–H groups in total. The van der Waals surface area contributed by atoms with Gasteiger partial charge in [0.05, 0.1) is 34.6 Å². The number of thiazole rings is 1. The summed E-state index contributed by atoms with van der Waals surface area (Å²) in [6, 6.07) is 22.9. The van der Waals surface area contributed by atoms with Gasteiger partial charge in [-0.2, -0.15) is 5.10 Å². The first-order chi connectivity index (χ1) is 21.2. The molecule has 44 heavy (non-hydrogen) atoms. The topological polar surface area (TPSA) is 105 Å². The van der Waals surface area contributed by atoms with Crippen LogP contribution in [0.25, 0.3) is 23.0 Å². The number of hydrogen-bond donors (Lipinski definition) is 0. The van der Waals surface area contributed by atoms with E-state index in [1.54, 1.807) is 54.1 Å². The molecule has 1 aliphatic rings. The van der Waals surface area contributed by atoms with Crippen LogP contribution in [0.1, 0.15) is 31.0 Å². The molecule has 11 heteroatoms. The predicted octanol–water partition coefficient (Wildman–Crippen LogP) is 4.84. The lowest BCUT2D eigenvalue weighted by Crippen LogP contribution is -2.39. The van der Waals surface area contributed by atoms with Gasteiger partial charge >= 0.3 is 11.9 Å². The Kier molecular flexibility index (Phi) is 7.86. The van der Waals surface area contributed by atoms with E-state index in [1.807, 2.05) is 48.7 Å². The van der Waals surface area contributed by atoms with Crippen LogP contribution in [0.5, 0.6) is 5.75 Å². The van der Waals surface area contributed by atoms with Crippen LogP contribution in [0, 0.1) is 0 Å². The number of para-hydroxylation sites is 1. The van der Waals surface area contributed by atoms with E-state index in [9.17, 15) is 14.4 Å². The third kappa shape index (κ3) is 5.52. The highest BCUT2D eigenvalue weighted by Crippen LogP contribution is 2.32. The van der Waals surface area contributed by atoms with Gasteiger partial charge in [-0.3, -0.25) is 14.2 Å². The third-order valence-corrected chi connectivity index (χ3v) is 8.29. The second kappa shape index (κ2) is 11.9. The monoisotopic (exact) mass is 624 g/mol. The predicted molar refractivity (Wildman–Crippen MR) is 168 cm³/mol. The Morgan fingerprint density at radius 1 is 1.00 bits per heavy atom. The fourth-order valence-electron chi connectivity index (χ4n) is 5.07. The fraction of sp³-hybridized carbons (Fsp3) is 0.121. The lowest BCUT2D eigenvalue weighted by molar-refractivity contribution is -0.136. The van der Waals surface area contributed by atoms with Crippen LogP contribution in [0.4, 0.5) is 0 Å². The minimum absolute atomic E-state index is 0.241. The van der Waals surface area contributed by atoms with Gasteiger partial charge in [0, 0.05) is 29.3 Å². The first-order valence-corrected chi connectivity index (χ1v) is 14.7. The van der Waals surface area contributed by atoms with Crippen LogP contribution in [0.2, 0.25) is 5.02 Å². The van der Waals surface area contributed by atoms with Gasteiger partial charge in [0.2, 0.25) is 0 Å². The van der Waals surface area contributed by atoms with Gasteiger partial charge in [0.15, 0.2) is 4.80 Å². The number of rotatable bonds is 6. The zero-order chi connectivity index (χ0) is 31.0. The minimum atomic E-state index is -0.810. The molecule has 2 aromatic heterocycles. The molecule has 1 atom stereocenters. The summed E-state index contributed by atoms with van der Waals surface area (Å²) < 4.78 is 13.9. The maximum Gasteiger partial charge on any atom is 0.338 e. The number of nitrogens with zero attached hydrogens (tertiary/aromatic N) is 4. The molecular weight excluding hydrogens is 600 g/mol. The van der Waals surface area contributed by atoms with E-state index in [2.05, 4.69) is 4.99 Å². The van der Waals surface area contributed by atoms with E-state index in [0.717, 1.165) is 11.3 Å². The Morgan fingerprint density at radius 3 is 2.36 bits per heavy atom. The average molecular weight is 625 g/mol. The third-order valence-electron chi connectivity index (χ3n) is 7.05. The van der Waals surface area contributed by atoms with Gasteiger partial charge in [0.1, 0.15) is 11.4 Å². The molecule has 5 aromatic rings.